The lowest BCUT2D eigenvalue weighted by Crippen LogP contribution is -2.02. The number of phenolic OH excluding ortho intramolecular Hbond substituents is 1. The van der Waals surface area contributed by atoms with Gasteiger partial charge in [0.15, 0.2) is 0 Å². The first-order chi connectivity index (χ1) is 14.1. The number of carbonyl (C=O) groups excluding carboxylic acids is 1. The van der Waals surface area contributed by atoms with E-state index in [0.717, 1.165) is 43.6 Å². The number of phenols is 1. The first kappa shape index (κ1) is 24.5. The van der Waals surface area contributed by atoms with Crippen molar-refractivity contribution >= 4 is 12.1 Å². The summed E-state index contributed by atoms with van der Waals surface area (Å²) in [5.74, 6) is 1.07. The molecule has 0 aromatic heterocycles. The number of aryl methyl sites for hydroxylation is 1. The van der Waals surface area contributed by atoms with Crippen LogP contribution in [0, 0.1) is 0 Å². The zero-order chi connectivity index (χ0) is 21.3. The molecule has 0 bridgehead atoms. The topological polar surface area (TPSA) is 84.6 Å². The van der Waals surface area contributed by atoms with Crippen molar-refractivity contribution in [1.82, 2.24) is 0 Å². The lowest BCUT2D eigenvalue weighted by atomic mass is 10.1. The average Bonchev–Trinajstić information content (AvgIpc) is 2.73. The van der Waals surface area contributed by atoms with Gasteiger partial charge in [-0.3, -0.25) is 4.79 Å². The van der Waals surface area contributed by atoms with E-state index >= 15 is 0 Å². The van der Waals surface area contributed by atoms with Gasteiger partial charge in [0.1, 0.15) is 11.5 Å². The molecule has 160 valence electrons. The van der Waals surface area contributed by atoms with Crippen LogP contribution < -0.4 is 15.8 Å². The highest BCUT2D eigenvalue weighted by Crippen LogP contribution is 2.24. The Morgan fingerprint density at radius 2 is 1.66 bits per heavy atom. The molecule has 0 aliphatic heterocycles. The summed E-state index contributed by atoms with van der Waals surface area (Å²) in [5, 5.41) is 11.9. The smallest absolute Gasteiger partial charge is 0.211 e. The third kappa shape index (κ3) is 10.5. The number of hydrogen-bond donors (Lipinski definition) is 3. The molecule has 0 fully saturated rings. The van der Waals surface area contributed by atoms with Crippen molar-refractivity contribution < 1.29 is 14.6 Å². The molecule has 29 heavy (non-hydrogen) atoms. The molecular formula is C24H36N2O3. The van der Waals surface area contributed by atoms with Gasteiger partial charge in [-0.25, -0.2) is 0 Å². The number of amides is 1. The van der Waals surface area contributed by atoms with Crippen LogP contribution in [0.3, 0.4) is 0 Å². The Hall–Kier alpha value is -2.53. The molecule has 0 unspecified atom stereocenters. The van der Waals surface area contributed by atoms with E-state index in [2.05, 4.69) is 31.3 Å². The van der Waals surface area contributed by atoms with Gasteiger partial charge in [0, 0.05) is 0 Å². The lowest BCUT2D eigenvalue weighted by Gasteiger charge is -2.06. The van der Waals surface area contributed by atoms with Gasteiger partial charge in [-0.2, -0.15) is 0 Å². The van der Waals surface area contributed by atoms with Gasteiger partial charge in [-0.15, -0.1) is 0 Å². The molecule has 0 saturated carbocycles. The second-order valence-electron chi connectivity index (χ2n) is 6.96. The van der Waals surface area contributed by atoms with Gasteiger partial charge < -0.3 is 20.9 Å². The molecular weight excluding hydrogens is 364 g/mol. The van der Waals surface area contributed by atoms with Crippen LogP contribution in [0.15, 0.2) is 42.5 Å². The Bertz CT molecular complexity index is 687. The molecule has 0 radical (unpaired) electrons. The van der Waals surface area contributed by atoms with Crippen molar-refractivity contribution in [3.05, 3.63) is 53.6 Å². The predicted molar refractivity (Wildman–Crippen MR) is 121 cm³/mol. The second kappa shape index (κ2) is 15.4. The van der Waals surface area contributed by atoms with Gasteiger partial charge in [-0.05, 0) is 67.6 Å². The van der Waals surface area contributed by atoms with Crippen molar-refractivity contribution in [1.29, 1.82) is 0 Å². The predicted octanol–water partition coefficient (Wildman–Crippen LogP) is 5.06. The molecule has 2 aromatic carbocycles. The van der Waals surface area contributed by atoms with Crippen LogP contribution in [-0.4, -0.2) is 24.7 Å². The molecule has 5 heteroatoms. The number of nitrogens with two attached hydrogens (primary N) is 1. The van der Waals surface area contributed by atoms with E-state index in [0.29, 0.717) is 18.6 Å². The lowest BCUT2D eigenvalue weighted by molar-refractivity contribution is -0.105. The maximum Gasteiger partial charge on any atom is 0.211 e. The number of unbranched alkanes of at least 4 members (excludes halogenated alkanes) is 3. The van der Waals surface area contributed by atoms with E-state index in [1.54, 1.807) is 6.07 Å². The summed E-state index contributed by atoms with van der Waals surface area (Å²) >= 11 is 0. The molecule has 1 amide bonds. The van der Waals surface area contributed by atoms with Crippen LogP contribution in [0.25, 0.3) is 0 Å². The highest BCUT2D eigenvalue weighted by molar-refractivity contribution is 5.75. The van der Waals surface area contributed by atoms with E-state index in [4.69, 9.17) is 10.5 Å². The highest BCUT2D eigenvalue weighted by atomic mass is 16.5. The largest absolute Gasteiger partial charge is 0.506 e. The molecule has 2 rings (SSSR count). The third-order valence-electron chi connectivity index (χ3n) is 4.47. The number of ether oxygens (including phenoxy) is 1. The summed E-state index contributed by atoms with van der Waals surface area (Å²) < 4.78 is 5.55. The van der Waals surface area contributed by atoms with Crippen molar-refractivity contribution in [2.75, 3.05) is 18.5 Å². The third-order valence-corrected chi connectivity index (χ3v) is 4.47. The zero-order valence-corrected chi connectivity index (χ0v) is 17.8. The average molecular weight is 401 g/mol. The first-order valence-electron chi connectivity index (χ1n) is 10.6. The Labute approximate surface area is 175 Å². The molecule has 0 saturated heterocycles. The SMILES string of the molecule is CCCCCc1ccc(O)c(NC=O)c1.CCCCOc1ccc(CCN)cc1. The molecule has 4 N–H and O–H groups in total. The van der Waals surface area contributed by atoms with Gasteiger partial charge in [-0.1, -0.05) is 51.3 Å². The van der Waals surface area contributed by atoms with Crippen LogP contribution in [0.1, 0.15) is 57.1 Å². The number of hydrogen-bond acceptors (Lipinski definition) is 4. The second-order valence-corrected chi connectivity index (χ2v) is 6.96. The maximum absolute atomic E-state index is 10.3. The molecule has 2 aromatic rings. The fraction of sp³-hybridized carbons (Fsp3) is 0.458. The standard InChI is InChI=1S/C12H17NO2.C12H19NO/c1-2-3-4-5-10-6-7-12(15)11(8-10)13-9-14;1-2-3-10-14-12-6-4-11(5-7-12)8-9-13/h6-9,15H,2-5H2,1H3,(H,13,14);4-7H,2-3,8-10,13H2,1H3. The molecule has 0 spiro atoms. The minimum Gasteiger partial charge on any atom is -0.506 e. The first-order valence-corrected chi connectivity index (χ1v) is 10.6. The quantitative estimate of drug-likeness (QED) is 0.264. The van der Waals surface area contributed by atoms with Crippen LogP contribution in [0.4, 0.5) is 5.69 Å². The summed E-state index contributed by atoms with van der Waals surface area (Å²) in [6, 6.07) is 13.5. The van der Waals surface area contributed by atoms with Gasteiger partial charge in [0.05, 0.1) is 12.3 Å². The Morgan fingerprint density at radius 3 is 2.28 bits per heavy atom. The van der Waals surface area contributed by atoms with Crippen molar-refractivity contribution in [2.24, 2.45) is 5.73 Å². The van der Waals surface area contributed by atoms with E-state index < -0.39 is 0 Å². The molecule has 0 aliphatic rings. The maximum atomic E-state index is 10.3. The number of benzene rings is 2. The molecule has 0 aliphatic carbocycles. The Morgan fingerprint density at radius 1 is 0.966 bits per heavy atom. The summed E-state index contributed by atoms with van der Waals surface area (Å²) in [6.07, 6.45) is 8.33. The van der Waals surface area contributed by atoms with E-state index in [1.165, 1.54) is 24.8 Å². The molecule has 0 atom stereocenters. The van der Waals surface area contributed by atoms with Gasteiger partial charge in [0.2, 0.25) is 6.41 Å². The number of nitrogens with one attached hydrogen (secondary N) is 1. The van der Waals surface area contributed by atoms with Crippen LogP contribution in [-0.2, 0) is 17.6 Å². The van der Waals surface area contributed by atoms with Gasteiger partial charge >= 0.3 is 0 Å². The summed E-state index contributed by atoms with van der Waals surface area (Å²) in [7, 11) is 0. The zero-order valence-electron chi connectivity index (χ0n) is 17.8. The minimum atomic E-state index is 0.112. The summed E-state index contributed by atoms with van der Waals surface area (Å²) in [5.41, 5.74) is 8.37. The number of anilines is 1. The summed E-state index contributed by atoms with van der Waals surface area (Å²) in [4.78, 5) is 10.3. The highest BCUT2D eigenvalue weighted by Gasteiger charge is 2.01. The van der Waals surface area contributed by atoms with E-state index in [9.17, 15) is 9.90 Å². The number of carbonyl (C=O) groups is 1. The fourth-order valence-electron chi connectivity index (χ4n) is 2.75. The number of rotatable bonds is 12. The van der Waals surface area contributed by atoms with Crippen LogP contribution in [0.5, 0.6) is 11.5 Å². The Kier molecular flexibility index (Phi) is 13.0. The van der Waals surface area contributed by atoms with Gasteiger partial charge in [0.25, 0.3) is 0 Å². The van der Waals surface area contributed by atoms with E-state index in [-0.39, 0.29) is 5.75 Å². The summed E-state index contributed by atoms with van der Waals surface area (Å²) in [6.45, 7) is 5.84. The Balaban J connectivity index is 0.000000291. The van der Waals surface area contributed by atoms with Crippen molar-refractivity contribution in [3.63, 3.8) is 0 Å². The van der Waals surface area contributed by atoms with E-state index in [1.807, 2.05) is 24.3 Å². The minimum absolute atomic E-state index is 0.112. The fourth-order valence-corrected chi connectivity index (χ4v) is 2.75. The van der Waals surface area contributed by atoms with Crippen molar-refractivity contribution in [3.8, 4) is 11.5 Å². The number of aromatic hydroxyl groups is 1. The molecule has 5 nitrogen and oxygen atoms in total. The monoisotopic (exact) mass is 400 g/mol. The van der Waals surface area contributed by atoms with Crippen molar-refractivity contribution in [2.45, 2.75) is 58.8 Å². The molecule has 0 heterocycles. The van der Waals surface area contributed by atoms with Crippen LogP contribution in [0.2, 0.25) is 0 Å². The van der Waals surface area contributed by atoms with Crippen LogP contribution >= 0.6 is 0 Å². The normalized spacial score (nSPS) is 10.0.